The normalized spacial score (nSPS) is 12.4. The summed E-state index contributed by atoms with van der Waals surface area (Å²) in [6.07, 6.45) is 0. The molecule has 2 N–H and O–H groups in total. The van der Waals surface area contributed by atoms with E-state index in [9.17, 15) is 5.11 Å². The molecule has 0 saturated heterocycles. The Hall–Kier alpha value is -1.59. The second-order valence-corrected chi connectivity index (χ2v) is 6.01. The molecule has 1 heterocycles. The second-order valence-electron chi connectivity index (χ2n) is 4.78. The minimum Gasteiger partial charge on any atom is -0.508 e. The molecule has 20 heavy (non-hydrogen) atoms. The van der Waals surface area contributed by atoms with E-state index in [1.165, 1.54) is 4.88 Å². The molecule has 2 aromatic rings. The Balaban J connectivity index is 2.06. The summed E-state index contributed by atoms with van der Waals surface area (Å²) in [6.45, 7) is 6.74. The monoisotopic (exact) mass is 292 g/mol. The minimum absolute atomic E-state index is 0.201. The van der Waals surface area contributed by atoms with E-state index < -0.39 is 0 Å². The fraction of sp³-hybridized carbons (Fsp3) is 0.400. The Morgan fingerprint density at radius 3 is 2.75 bits per heavy atom. The van der Waals surface area contributed by atoms with Gasteiger partial charge in [-0.2, -0.15) is 0 Å². The maximum Gasteiger partial charge on any atom is 0.120 e. The molecule has 0 aliphatic heterocycles. The van der Waals surface area contributed by atoms with Crippen LogP contribution in [0.1, 0.15) is 34.1 Å². The summed E-state index contributed by atoms with van der Waals surface area (Å²) < 4.78 is 5.18. The highest BCUT2D eigenvalue weighted by Crippen LogP contribution is 2.26. The van der Waals surface area contributed by atoms with Crippen molar-refractivity contribution in [3.05, 3.63) is 39.3 Å². The van der Waals surface area contributed by atoms with E-state index in [0.717, 1.165) is 22.0 Å². The summed E-state index contributed by atoms with van der Waals surface area (Å²) in [5, 5.41) is 14.4. The highest BCUT2D eigenvalue weighted by molar-refractivity contribution is 7.11. The van der Waals surface area contributed by atoms with Crippen LogP contribution < -0.4 is 10.1 Å². The first-order valence-electron chi connectivity index (χ1n) is 6.54. The quantitative estimate of drug-likeness (QED) is 0.887. The lowest BCUT2D eigenvalue weighted by Gasteiger charge is -2.14. The molecule has 0 bridgehead atoms. The zero-order chi connectivity index (χ0) is 14.7. The lowest BCUT2D eigenvalue weighted by molar-refractivity contribution is 0.409. The standard InChI is InChI=1S/C15H20N2O2S/c1-9(15-10(2)17-11(3)20-15)16-8-12-7-13(19-4)5-6-14(12)18/h5-7,9,16,18H,8H2,1-4H3. The van der Waals surface area contributed by atoms with Gasteiger partial charge in [-0.25, -0.2) is 4.98 Å². The summed E-state index contributed by atoms with van der Waals surface area (Å²) in [5.41, 5.74) is 1.90. The predicted octanol–water partition coefficient (Wildman–Crippen LogP) is 3.32. The Morgan fingerprint density at radius 2 is 2.15 bits per heavy atom. The van der Waals surface area contributed by atoms with Crippen LogP contribution in [0, 0.1) is 13.8 Å². The first-order valence-corrected chi connectivity index (χ1v) is 7.36. The van der Waals surface area contributed by atoms with E-state index in [1.54, 1.807) is 30.6 Å². The van der Waals surface area contributed by atoms with Crippen molar-refractivity contribution in [3.63, 3.8) is 0 Å². The van der Waals surface area contributed by atoms with Crippen molar-refractivity contribution < 1.29 is 9.84 Å². The molecule has 0 aliphatic rings. The molecule has 1 aromatic heterocycles. The number of nitrogens with zero attached hydrogens (tertiary/aromatic N) is 1. The predicted molar refractivity (Wildman–Crippen MR) is 81.5 cm³/mol. The molecule has 1 atom stereocenters. The molecule has 1 aromatic carbocycles. The average Bonchev–Trinajstić information content (AvgIpc) is 2.76. The number of rotatable bonds is 5. The molecule has 2 rings (SSSR count). The number of thiazole rings is 1. The molecule has 0 saturated carbocycles. The average molecular weight is 292 g/mol. The Labute approximate surface area is 123 Å². The molecular weight excluding hydrogens is 272 g/mol. The van der Waals surface area contributed by atoms with E-state index in [1.807, 2.05) is 19.9 Å². The second kappa shape index (κ2) is 6.24. The van der Waals surface area contributed by atoms with Crippen molar-refractivity contribution in [1.82, 2.24) is 10.3 Å². The van der Waals surface area contributed by atoms with E-state index >= 15 is 0 Å². The van der Waals surface area contributed by atoms with Gasteiger partial charge in [-0.05, 0) is 39.0 Å². The zero-order valence-electron chi connectivity index (χ0n) is 12.2. The highest BCUT2D eigenvalue weighted by Gasteiger charge is 2.13. The van der Waals surface area contributed by atoms with Gasteiger partial charge in [-0.1, -0.05) is 0 Å². The van der Waals surface area contributed by atoms with Gasteiger partial charge in [0.1, 0.15) is 11.5 Å². The van der Waals surface area contributed by atoms with Crippen LogP contribution in [-0.2, 0) is 6.54 Å². The Morgan fingerprint density at radius 1 is 1.40 bits per heavy atom. The molecule has 0 aliphatic carbocycles. The number of aromatic nitrogens is 1. The third kappa shape index (κ3) is 3.29. The summed E-state index contributed by atoms with van der Waals surface area (Å²) >= 11 is 1.71. The molecule has 4 nitrogen and oxygen atoms in total. The van der Waals surface area contributed by atoms with Gasteiger partial charge in [0.05, 0.1) is 17.8 Å². The van der Waals surface area contributed by atoms with Crippen LogP contribution in [0.15, 0.2) is 18.2 Å². The van der Waals surface area contributed by atoms with Crippen molar-refractivity contribution in [1.29, 1.82) is 0 Å². The molecule has 0 spiro atoms. The van der Waals surface area contributed by atoms with Gasteiger partial charge in [0.2, 0.25) is 0 Å². The van der Waals surface area contributed by atoms with Crippen LogP contribution in [-0.4, -0.2) is 17.2 Å². The van der Waals surface area contributed by atoms with E-state index in [-0.39, 0.29) is 11.8 Å². The Kier molecular flexibility index (Phi) is 4.62. The summed E-state index contributed by atoms with van der Waals surface area (Å²) in [7, 11) is 1.62. The lowest BCUT2D eigenvalue weighted by Crippen LogP contribution is -2.18. The van der Waals surface area contributed by atoms with Crippen molar-refractivity contribution >= 4 is 11.3 Å². The highest BCUT2D eigenvalue weighted by atomic mass is 32.1. The van der Waals surface area contributed by atoms with E-state index in [2.05, 4.69) is 17.2 Å². The largest absolute Gasteiger partial charge is 0.508 e. The molecule has 108 valence electrons. The summed E-state index contributed by atoms with van der Waals surface area (Å²) in [6, 6.07) is 5.45. The van der Waals surface area contributed by atoms with Crippen LogP contribution in [0.4, 0.5) is 0 Å². The zero-order valence-corrected chi connectivity index (χ0v) is 13.0. The van der Waals surface area contributed by atoms with Gasteiger partial charge in [0, 0.05) is 23.0 Å². The maximum absolute atomic E-state index is 9.87. The first kappa shape index (κ1) is 14.8. The molecule has 0 amide bonds. The third-order valence-corrected chi connectivity index (χ3v) is 4.47. The fourth-order valence-corrected chi connectivity index (χ4v) is 3.09. The molecule has 5 heteroatoms. The molecule has 1 unspecified atom stereocenters. The van der Waals surface area contributed by atoms with Crippen LogP contribution in [0.25, 0.3) is 0 Å². The fourth-order valence-electron chi connectivity index (χ4n) is 2.13. The number of nitrogens with one attached hydrogen (secondary N) is 1. The summed E-state index contributed by atoms with van der Waals surface area (Å²) in [4.78, 5) is 5.68. The van der Waals surface area contributed by atoms with Gasteiger partial charge < -0.3 is 15.2 Å². The number of phenols is 1. The van der Waals surface area contributed by atoms with Gasteiger partial charge in [0.25, 0.3) is 0 Å². The van der Waals surface area contributed by atoms with Crippen LogP contribution in [0.5, 0.6) is 11.5 Å². The SMILES string of the molecule is COc1ccc(O)c(CNC(C)c2sc(C)nc2C)c1. The van der Waals surface area contributed by atoms with Crippen molar-refractivity contribution in [2.24, 2.45) is 0 Å². The number of methoxy groups -OCH3 is 1. The van der Waals surface area contributed by atoms with Gasteiger partial charge >= 0.3 is 0 Å². The smallest absolute Gasteiger partial charge is 0.120 e. The van der Waals surface area contributed by atoms with E-state index in [0.29, 0.717) is 6.54 Å². The van der Waals surface area contributed by atoms with Gasteiger partial charge in [-0.15, -0.1) is 11.3 Å². The van der Waals surface area contributed by atoms with Crippen LogP contribution in [0.3, 0.4) is 0 Å². The van der Waals surface area contributed by atoms with Gasteiger partial charge in [-0.3, -0.25) is 0 Å². The van der Waals surface area contributed by atoms with Gasteiger partial charge in [0.15, 0.2) is 0 Å². The number of aromatic hydroxyl groups is 1. The molecular formula is C15H20N2O2S. The summed E-state index contributed by atoms with van der Waals surface area (Å²) in [5.74, 6) is 1.03. The number of phenolic OH excluding ortho intramolecular Hbond substituents is 1. The number of benzene rings is 1. The number of ether oxygens (including phenoxy) is 1. The lowest BCUT2D eigenvalue weighted by atomic mass is 10.1. The topological polar surface area (TPSA) is 54.4 Å². The van der Waals surface area contributed by atoms with Crippen LogP contribution in [0.2, 0.25) is 0 Å². The van der Waals surface area contributed by atoms with E-state index in [4.69, 9.17) is 4.74 Å². The maximum atomic E-state index is 9.87. The van der Waals surface area contributed by atoms with Crippen molar-refractivity contribution in [3.8, 4) is 11.5 Å². The Bertz CT molecular complexity index is 596. The number of hydrogen-bond donors (Lipinski definition) is 2. The van der Waals surface area contributed by atoms with Crippen LogP contribution >= 0.6 is 11.3 Å². The van der Waals surface area contributed by atoms with Crippen molar-refractivity contribution in [2.45, 2.75) is 33.4 Å². The third-order valence-electron chi connectivity index (χ3n) is 3.22. The van der Waals surface area contributed by atoms with Crippen molar-refractivity contribution in [2.75, 3.05) is 7.11 Å². The molecule has 0 fully saturated rings. The minimum atomic E-state index is 0.201. The first-order chi connectivity index (χ1) is 9.51. The molecule has 0 radical (unpaired) electrons. The number of aryl methyl sites for hydroxylation is 2. The number of hydrogen-bond acceptors (Lipinski definition) is 5.